The fraction of sp³-hybridized carbons (Fsp3) is 0.538. The van der Waals surface area contributed by atoms with Gasteiger partial charge in [0.1, 0.15) is 0 Å². The molecule has 3 N–H and O–H groups in total. The standard InChI is InChI=1S/C13H17F2NO3/c1-3-7(2)12(17)11(16)8-4-5-9-10(6-8)19-13(14,15)18-9/h4-7,11-12,17H,3,16H2,1-2H3/t7?,11-,12+/m1/s1. The summed E-state index contributed by atoms with van der Waals surface area (Å²) < 4.78 is 34.4. The maximum atomic E-state index is 12.9. The molecule has 1 unspecified atom stereocenters. The van der Waals surface area contributed by atoms with Gasteiger partial charge in [-0.1, -0.05) is 26.3 Å². The minimum atomic E-state index is -3.64. The Bertz CT molecular complexity index is 467. The Labute approximate surface area is 110 Å². The summed E-state index contributed by atoms with van der Waals surface area (Å²) >= 11 is 0. The number of nitrogens with two attached hydrogens (primary N) is 1. The summed E-state index contributed by atoms with van der Waals surface area (Å²) in [6.45, 7) is 3.83. The van der Waals surface area contributed by atoms with Crippen LogP contribution in [0, 0.1) is 5.92 Å². The summed E-state index contributed by atoms with van der Waals surface area (Å²) in [5.74, 6) is -0.0739. The Morgan fingerprint density at radius 2 is 1.95 bits per heavy atom. The molecule has 0 fully saturated rings. The van der Waals surface area contributed by atoms with Gasteiger partial charge in [-0.3, -0.25) is 0 Å². The van der Waals surface area contributed by atoms with Crippen LogP contribution in [0.4, 0.5) is 8.78 Å². The third kappa shape index (κ3) is 2.79. The molecule has 1 aromatic rings. The SMILES string of the molecule is CCC(C)[C@H](O)[C@H](N)c1ccc2c(c1)OC(F)(F)O2. The molecule has 6 heteroatoms. The van der Waals surface area contributed by atoms with Crippen LogP contribution in [-0.4, -0.2) is 17.5 Å². The maximum absolute atomic E-state index is 12.9. The molecule has 0 aromatic heterocycles. The first-order valence-electron chi connectivity index (χ1n) is 6.17. The van der Waals surface area contributed by atoms with Crippen molar-refractivity contribution < 1.29 is 23.4 Å². The van der Waals surface area contributed by atoms with Crippen molar-refractivity contribution in [3.63, 3.8) is 0 Å². The number of benzene rings is 1. The zero-order chi connectivity index (χ0) is 14.2. The Hall–Kier alpha value is -1.40. The van der Waals surface area contributed by atoms with E-state index in [2.05, 4.69) is 9.47 Å². The van der Waals surface area contributed by atoms with E-state index in [0.717, 1.165) is 6.42 Å². The summed E-state index contributed by atoms with van der Waals surface area (Å²) in [5, 5.41) is 10.0. The number of rotatable bonds is 4. The van der Waals surface area contributed by atoms with Gasteiger partial charge >= 0.3 is 6.29 Å². The van der Waals surface area contributed by atoms with E-state index in [0.29, 0.717) is 5.56 Å². The zero-order valence-electron chi connectivity index (χ0n) is 10.8. The van der Waals surface area contributed by atoms with Crippen LogP contribution < -0.4 is 15.2 Å². The molecule has 1 aromatic carbocycles. The molecule has 0 bridgehead atoms. The van der Waals surface area contributed by atoms with Crippen LogP contribution in [0.3, 0.4) is 0 Å². The molecule has 0 amide bonds. The number of aliphatic hydroxyl groups is 1. The number of hydrogen-bond acceptors (Lipinski definition) is 4. The van der Waals surface area contributed by atoms with Crippen molar-refractivity contribution in [1.82, 2.24) is 0 Å². The lowest BCUT2D eigenvalue weighted by Crippen LogP contribution is -2.31. The molecule has 2 rings (SSSR count). The fourth-order valence-electron chi connectivity index (χ4n) is 1.97. The topological polar surface area (TPSA) is 64.7 Å². The van der Waals surface area contributed by atoms with Crippen LogP contribution >= 0.6 is 0 Å². The van der Waals surface area contributed by atoms with Gasteiger partial charge in [-0.2, -0.15) is 0 Å². The van der Waals surface area contributed by atoms with Gasteiger partial charge in [-0.05, 0) is 23.6 Å². The molecule has 19 heavy (non-hydrogen) atoms. The highest BCUT2D eigenvalue weighted by atomic mass is 19.3. The van der Waals surface area contributed by atoms with E-state index < -0.39 is 18.4 Å². The van der Waals surface area contributed by atoms with Crippen molar-refractivity contribution in [2.45, 2.75) is 38.7 Å². The van der Waals surface area contributed by atoms with Gasteiger partial charge in [-0.15, -0.1) is 8.78 Å². The normalized spacial score (nSPS) is 20.9. The molecule has 3 atom stereocenters. The average molecular weight is 273 g/mol. The first-order chi connectivity index (χ1) is 8.84. The van der Waals surface area contributed by atoms with E-state index in [9.17, 15) is 13.9 Å². The lowest BCUT2D eigenvalue weighted by Gasteiger charge is -2.24. The van der Waals surface area contributed by atoms with E-state index in [4.69, 9.17) is 5.73 Å². The van der Waals surface area contributed by atoms with E-state index in [1.165, 1.54) is 12.1 Å². The van der Waals surface area contributed by atoms with Crippen molar-refractivity contribution in [2.24, 2.45) is 11.7 Å². The second kappa shape index (κ2) is 4.94. The molecule has 0 aliphatic carbocycles. The predicted molar refractivity (Wildman–Crippen MR) is 65.0 cm³/mol. The van der Waals surface area contributed by atoms with Gasteiger partial charge < -0.3 is 20.3 Å². The molecule has 1 aliphatic rings. The molecule has 0 saturated carbocycles. The highest BCUT2D eigenvalue weighted by molar-refractivity contribution is 5.46. The van der Waals surface area contributed by atoms with E-state index >= 15 is 0 Å². The number of ether oxygens (including phenoxy) is 2. The molecular formula is C13H17F2NO3. The largest absolute Gasteiger partial charge is 0.586 e. The molecule has 0 saturated heterocycles. The Morgan fingerprint density at radius 3 is 2.58 bits per heavy atom. The minimum absolute atomic E-state index is 0.0156. The minimum Gasteiger partial charge on any atom is -0.395 e. The third-order valence-electron chi connectivity index (χ3n) is 3.41. The highest BCUT2D eigenvalue weighted by Crippen LogP contribution is 2.42. The summed E-state index contributed by atoms with van der Waals surface area (Å²) in [6, 6.07) is 3.65. The molecular weight excluding hydrogens is 256 g/mol. The van der Waals surface area contributed by atoms with E-state index in [1.807, 2.05) is 13.8 Å². The van der Waals surface area contributed by atoms with Crippen LogP contribution in [0.5, 0.6) is 11.5 Å². The summed E-state index contributed by atoms with van der Waals surface area (Å²) in [5.41, 5.74) is 6.48. The third-order valence-corrected chi connectivity index (χ3v) is 3.41. The fourth-order valence-corrected chi connectivity index (χ4v) is 1.97. The number of halogens is 2. The van der Waals surface area contributed by atoms with Gasteiger partial charge in [0.25, 0.3) is 0 Å². The van der Waals surface area contributed by atoms with Gasteiger partial charge in [0, 0.05) is 0 Å². The van der Waals surface area contributed by atoms with Crippen LogP contribution in [-0.2, 0) is 0 Å². The zero-order valence-corrected chi connectivity index (χ0v) is 10.8. The van der Waals surface area contributed by atoms with Crippen LogP contribution in [0.15, 0.2) is 18.2 Å². The number of fused-ring (bicyclic) bond motifs is 1. The van der Waals surface area contributed by atoms with Gasteiger partial charge in [0.2, 0.25) is 0 Å². The summed E-state index contributed by atoms with van der Waals surface area (Å²) in [6.07, 6.45) is -3.61. The maximum Gasteiger partial charge on any atom is 0.586 e. The summed E-state index contributed by atoms with van der Waals surface area (Å²) in [4.78, 5) is 0. The van der Waals surface area contributed by atoms with Crippen LogP contribution in [0.1, 0.15) is 31.9 Å². The lowest BCUT2D eigenvalue weighted by molar-refractivity contribution is -0.286. The monoisotopic (exact) mass is 273 g/mol. The summed E-state index contributed by atoms with van der Waals surface area (Å²) in [7, 11) is 0. The molecule has 0 spiro atoms. The van der Waals surface area contributed by atoms with Crippen LogP contribution in [0.25, 0.3) is 0 Å². The second-order valence-corrected chi connectivity index (χ2v) is 4.78. The predicted octanol–water partition coefficient (Wildman–Crippen LogP) is 2.41. The van der Waals surface area contributed by atoms with Crippen molar-refractivity contribution in [1.29, 1.82) is 0 Å². The van der Waals surface area contributed by atoms with Crippen molar-refractivity contribution in [3.8, 4) is 11.5 Å². The number of alkyl halides is 2. The number of aliphatic hydroxyl groups excluding tert-OH is 1. The van der Waals surface area contributed by atoms with Crippen molar-refractivity contribution in [2.75, 3.05) is 0 Å². The van der Waals surface area contributed by atoms with Gasteiger partial charge in [0.15, 0.2) is 11.5 Å². The lowest BCUT2D eigenvalue weighted by atomic mass is 9.91. The Morgan fingerprint density at radius 1 is 1.32 bits per heavy atom. The molecule has 106 valence electrons. The quantitative estimate of drug-likeness (QED) is 0.884. The van der Waals surface area contributed by atoms with Gasteiger partial charge in [-0.25, -0.2) is 0 Å². The first-order valence-corrected chi connectivity index (χ1v) is 6.17. The van der Waals surface area contributed by atoms with Crippen molar-refractivity contribution in [3.05, 3.63) is 23.8 Å². The van der Waals surface area contributed by atoms with Crippen LogP contribution in [0.2, 0.25) is 0 Å². The molecule has 0 radical (unpaired) electrons. The second-order valence-electron chi connectivity index (χ2n) is 4.78. The average Bonchev–Trinajstić information content (AvgIpc) is 2.68. The first kappa shape index (κ1) is 14.0. The highest BCUT2D eigenvalue weighted by Gasteiger charge is 2.43. The molecule has 4 nitrogen and oxygen atoms in total. The molecule has 1 heterocycles. The smallest absolute Gasteiger partial charge is 0.395 e. The van der Waals surface area contributed by atoms with E-state index in [-0.39, 0.29) is 17.4 Å². The van der Waals surface area contributed by atoms with E-state index in [1.54, 1.807) is 6.07 Å². The number of hydrogen-bond donors (Lipinski definition) is 2. The molecule has 1 aliphatic heterocycles. The van der Waals surface area contributed by atoms with Crippen molar-refractivity contribution >= 4 is 0 Å². The Balaban J connectivity index is 2.20. The Kier molecular flexibility index (Phi) is 3.64. The van der Waals surface area contributed by atoms with Gasteiger partial charge in [0.05, 0.1) is 12.1 Å².